The third-order valence-electron chi connectivity index (χ3n) is 4.37. The summed E-state index contributed by atoms with van der Waals surface area (Å²) in [5.41, 5.74) is 2.51. The zero-order chi connectivity index (χ0) is 16.1. The van der Waals surface area contributed by atoms with Gasteiger partial charge in [0.1, 0.15) is 5.82 Å². The molecule has 1 aromatic carbocycles. The summed E-state index contributed by atoms with van der Waals surface area (Å²) in [6.45, 7) is 2.81. The highest BCUT2D eigenvalue weighted by Crippen LogP contribution is 2.20. The second kappa shape index (κ2) is 7.27. The van der Waals surface area contributed by atoms with Gasteiger partial charge in [0.25, 0.3) is 0 Å². The number of anilines is 1. The molecule has 0 fully saturated rings. The van der Waals surface area contributed by atoms with Crippen LogP contribution in [0.5, 0.6) is 0 Å². The van der Waals surface area contributed by atoms with E-state index >= 15 is 0 Å². The van der Waals surface area contributed by atoms with Gasteiger partial charge in [-0.15, -0.1) is 0 Å². The van der Waals surface area contributed by atoms with Crippen LogP contribution in [-0.2, 0) is 17.8 Å². The second-order valence-corrected chi connectivity index (χ2v) is 6.01. The van der Waals surface area contributed by atoms with Gasteiger partial charge >= 0.3 is 0 Å². The number of carbonyl (C=O) groups excluding carboxylic acids is 1. The number of aryl methyl sites for hydroxylation is 1. The van der Waals surface area contributed by atoms with E-state index in [4.69, 9.17) is 0 Å². The van der Waals surface area contributed by atoms with Gasteiger partial charge < -0.3 is 5.32 Å². The van der Waals surface area contributed by atoms with Gasteiger partial charge in [-0.3, -0.25) is 4.79 Å². The summed E-state index contributed by atoms with van der Waals surface area (Å²) in [6, 6.07) is 10.4. The Hall–Kier alpha value is -2.36. The molecule has 1 atom stereocenters. The Balaban J connectivity index is 1.66. The summed E-state index contributed by atoms with van der Waals surface area (Å²) in [7, 11) is 0. The number of benzene rings is 1. The molecular formula is C19H23N3O. The Morgan fingerprint density at radius 1 is 1.22 bits per heavy atom. The number of aromatic nitrogens is 2. The largest absolute Gasteiger partial charge is 0.311 e. The molecule has 0 saturated heterocycles. The number of hydrogen-bond acceptors (Lipinski definition) is 2. The first kappa shape index (κ1) is 15.5. The standard InChI is InChI=1S/C19H23N3O/c1-2-15-8-10-16(11-9-15)14-22-18(12-13-20-22)21-19(23)17-6-4-3-5-7-17/h3-4,8-13,17H,2,5-7,14H2,1H3,(H,21,23). The van der Waals surface area contributed by atoms with E-state index < -0.39 is 0 Å². The third kappa shape index (κ3) is 3.89. The highest BCUT2D eigenvalue weighted by Gasteiger charge is 2.19. The van der Waals surface area contributed by atoms with Gasteiger partial charge in [0, 0.05) is 12.0 Å². The number of amides is 1. The first-order valence-electron chi connectivity index (χ1n) is 8.31. The molecule has 23 heavy (non-hydrogen) atoms. The fourth-order valence-corrected chi connectivity index (χ4v) is 2.88. The fraction of sp³-hybridized carbons (Fsp3) is 0.368. The highest BCUT2D eigenvalue weighted by atomic mass is 16.2. The maximum absolute atomic E-state index is 12.4. The Morgan fingerprint density at radius 2 is 2.00 bits per heavy atom. The number of nitrogens with one attached hydrogen (secondary N) is 1. The Labute approximate surface area is 137 Å². The average Bonchev–Trinajstić information content (AvgIpc) is 3.03. The molecule has 1 heterocycles. The van der Waals surface area contributed by atoms with E-state index in [2.05, 4.69) is 53.8 Å². The zero-order valence-electron chi connectivity index (χ0n) is 13.5. The van der Waals surface area contributed by atoms with E-state index in [9.17, 15) is 4.79 Å². The first-order valence-corrected chi connectivity index (χ1v) is 8.31. The Bertz CT molecular complexity index is 685. The van der Waals surface area contributed by atoms with Gasteiger partial charge in [-0.05, 0) is 36.8 Å². The predicted octanol–water partition coefficient (Wildman–Crippen LogP) is 3.79. The summed E-state index contributed by atoms with van der Waals surface area (Å²) in [6.07, 6.45) is 9.76. The molecule has 1 aliphatic carbocycles. The quantitative estimate of drug-likeness (QED) is 0.854. The molecule has 1 unspecified atom stereocenters. The molecule has 0 saturated carbocycles. The molecule has 1 amide bonds. The topological polar surface area (TPSA) is 46.9 Å². The van der Waals surface area contributed by atoms with Crippen molar-refractivity contribution in [3.63, 3.8) is 0 Å². The van der Waals surface area contributed by atoms with Crippen molar-refractivity contribution >= 4 is 11.7 Å². The molecule has 4 nitrogen and oxygen atoms in total. The lowest BCUT2D eigenvalue weighted by Gasteiger charge is -2.17. The van der Waals surface area contributed by atoms with E-state index in [1.165, 1.54) is 11.1 Å². The maximum atomic E-state index is 12.4. The van der Waals surface area contributed by atoms with E-state index in [1.54, 1.807) is 6.20 Å². The molecule has 120 valence electrons. The molecule has 3 rings (SSSR count). The molecule has 0 radical (unpaired) electrons. The molecule has 1 aromatic heterocycles. The van der Waals surface area contributed by atoms with Gasteiger partial charge in [0.15, 0.2) is 0 Å². The van der Waals surface area contributed by atoms with Gasteiger partial charge in [-0.2, -0.15) is 5.10 Å². The van der Waals surface area contributed by atoms with Crippen LogP contribution in [0.1, 0.15) is 37.3 Å². The fourth-order valence-electron chi connectivity index (χ4n) is 2.88. The molecule has 1 N–H and O–H groups in total. The van der Waals surface area contributed by atoms with E-state index in [1.807, 2.05) is 10.7 Å². The monoisotopic (exact) mass is 309 g/mol. The average molecular weight is 309 g/mol. The van der Waals surface area contributed by atoms with Crippen LogP contribution in [0.3, 0.4) is 0 Å². The van der Waals surface area contributed by atoms with Crippen molar-refractivity contribution in [1.29, 1.82) is 0 Å². The number of carbonyl (C=O) groups is 1. The number of nitrogens with zero attached hydrogens (tertiary/aromatic N) is 2. The maximum Gasteiger partial charge on any atom is 0.228 e. The molecule has 0 bridgehead atoms. The second-order valence-electron chi connectivity index (χ2n) is 6.01. The van der Waals surface area contributed by atoms with Crippen molar-refractivity contribution in [3.8, 4) is 0 Å². The highest BCUT2D eigenvalue weighted by molar-refractivity contribution is 5.91. The smallest absolute Gasteiger partial charge is 0.228 e. The lowest BCUT2D eigenvalue weighted by molar-refractivity contribution is -0.120. The third-order valence-corrected chi connectivity index (χ3v) is 4.37. The van der Waals surface area contributed by atoms with Crippen LogP contribution in [0.25, 0.3) is 0 Å². The number of hydrogen-bond donors (Lipinski definition) is 1. The van der Waals surface area contributed by atoms with Crippen molar-refractivity contribution in [2.45, 2.75) is 39.2 Å². The van der Waals surface area contributed by atoms with Crippen molar-refractivity contribution in [1.82, 2.24) is 9.78 Å². The van der Waals surface area contributed by atoms with Gasteiger partial charge in [-0.25, -0.2) is 4.68 Å². The minimum absolute atomic E-state index is 0.0761. The van der Waals surface area contributed by atoms with Crippen LogP contribution in [0.4, 0.5) is 5.82 Å². The lowest BCUT2D eigenvalue weighted by atomic mass is 9.94. The summed E-state index contributed by atoms with van der Waals surface area (Å²) in [5.74, 6) is 0.939. The van der Waals surface area contributed by atoms with Crippen LogP contribution in [0.2, 0.25) is 0 Å². The Morgan fingerprint density at radius 3 is 2.70 bits per heavy atom. The molecule has 4 heteroatoms. The summed E-state index contributed by atoms with van der Waals surface area (Å²) in [4.78, 5) is 12.4. The van der Waals surface area contributed by atoms with Crippen LogP contribution < -0.4 is 5.32 Å². The van der Waals surface area contributed by atoms with Crippen molar-refractivity contribution in [3.05, 3.63) is 59.8 Å². The van der Waals surface area contributed by atoms with Crippen LogP contribution in [-0.4, -0.2) is 15.7 Å². The van der Waals surface area contributed by atoms with Crippen molar-refractivity contribution in [2.24, 2.45) is 5.92 Å². The van der Waals surface area contributed by atoms with Crippen LogP contribution in [0.15, 0.2) is 48.7 Å². The van der Waals surface area contributed by atoms with E-state index in [0.717, 1.165) is 31.5 Å². The molecule has 1 aliphatic rings. The number of rotatable bonds is 5. The van der Waals surface area contributed by atoms with Crippen LogP contribution in [0, 0.1) is 5.92 Å². The van der Waals surface area contributed by atoms with E-state index in [0.29, 0.717) is 6.54 Å². The SMILES string of the molecule is CCc1ccc(Cn2nccc2NC(=O)C2CC=CCC2)cc1. The summed E-state index contributed by atoms with van der Waals surface area (Å²) in [5, 5.41) is 7.37. The van der Waals surface area contributed by atoms with Gasteiger partial charge in [-0.1, -0.05) is 43.3 Å². The molecule has 0 aliphatic heterocycles. The minimum atomic E-state index is 0.0761. The summed E-state index contributed by atoms with van der Waals surface area (Å²) < 4.78 is 1.84. The molecular weight excluding hydrogens is 286 g/mol. The number of allylic oxidation sites excluding steroid dienone is 2. The normalized spacial score (nSPS) is 17.2. The minimum Gasteiger partial charge on any atom is -0.311 e. The first-order chi connectivity index (χ1) is 11.3. The molecule has 0 spiro atoms. The van der Waals surface area contributed by atoms with Crippen LogP contribution >= 0.6 is 0 Å². The Kier molecular flexibility index (Phi) is 4.91. The van der Waals surface area contributed by atoms with Gasteiger partial charge in [0.2, 0.25) is 5.91 Å². The van der Waals surface area contributed by atoms with Crippen molar-refractivity contribution < 1.29 is 4.79 Å². The van der Waals surface area contributed by atoms with E-state index in [-0.39, 0.29) is 11.8 Å². The molecule has 2 aromatic rings. The predicted molar refractivity (Wildman–Crippen MR) is 92.3 cm³/mol. The van der Waals surface area contributed by atoms with Crippen molar-refractivity contribution in [2.75, 3.05) is 5.32 Å². The lowest BCUT2D eigenvalue weighted by Crippen LogP contribution is -2.25. The summed E-state index contributed by atoms with van der Waals surface area (Å²) >= 11 is 0. The van der Waals surface area contributed by atoms with Gasteiger partial charge in [0.05, 0.1) is 12.7 Å². The zero-order valence-corrected chi connectivity index (χ0v) is 13.5.